The van der Waals surface area contributed by atoms with Crippen molar-refractivity contribution in [2.75, 3.05) is 0 Å². The molecule has 0 aromatic heterocycles. The number of hydrogen-bond acceptors (Lipinski definition) is 1. The first kappa shape index (κ1) is 14.5. The third-order valence-electron chi connectivity index (χ3n) is 3.01. The van der Waals surface area contributed by atoms with Crippen LogP contribution in [-0.2, 0) is 0 Å². The Morgan fingerprint density at radius 2 is 1.63 bits per heavy atom. The fraction of sp³-hybridized carbons (Fsp3) is 0.188. The van der Waals surface area contributed by atoms with Crippen LogP contribution in [0.5, 0.6) is 0 Å². The van der Waals surface area contributed by atoms with Crippen molar-refractivity contribution < 1.29 is 4.79 Å². The maximum atomic E-state index is 12.4. The molecule has 0 spiro atoms. The summed E-state index contributed by atoms with van der Waals surface area (Å²) in [7, 11) is 0. The van der Waals surface area contributed by atoms with E-state index in [0.29, 0.717) is 17.0 Å². The molecule has 0 aliphatic heterocycles. The van der Waals surface area contributed by atoms with E-state index in [9.17, 15) is 4.79 Å². The maximum Gasteiger partial charge on any atom is 0.194 e. The van der Waals surface area contributed by atoms with E-state index in [1.165, 1.54) is 5.56 Å². The number of carbonyl (C=O) groups is 1. The van der Waals surface area contributed by atoms with Crippen molar-refractivity contribution in [3.8, 4) is 0 Å². The van der Waals surface area contributed by atoms with E-state index in [1.54, 1.807) is 0 Å². The molecular formula is C16H14Br2O. The van der Waals surface area contributed by atoms with Crippen molar-refractivity contribution in [2.24, 2.45) is 0 Å². The topological polar surface area (TPSA) is 17.1 Å². The Labute approximate surface area is 130 Å². The lowest BCUT2D eigenvalue weighted by molar-refractivity contribution is 0.103. The van der Waals surface area contributed by atoms with Crippen LogP contribution in [0.2, 0.25) is 0 Å². The Balaban J connectivity index is 2.36. The third kappa shape index (κ3) is 3.34. The Bertz CT molecular complexity index is 601. The molecule has 19 heavy (non-hydrogen) atoms. The summed E-state index contributed by atoms with van der Waals surface area (Å²) < 4.78 is 1.71. The Hall–Kier alpha value is -0.930. The molecule has 0 radical (unpaired) electrons. The maximum absolute atomic E-state index is 12.4. The molecule has 0 fully saturated rings. The lowest BCUT2D eigenvalue weighted by Crippen LogP contribution is -2.02. The van der Waals surface area contributed by atoms with Crippen LogP contribution in [0.3, 0.4) is 0 Å². The van der Waals surface area contributed by atoms with Crippen LogP contribution in [-0.4, -0.2) is 5.78 Å². The predicted molar refractivity (Wildman–Crippen MR) is 85.8 cm³/mol. The summed E-state index contributed by atoms with van der Waals surface area (Å²) in [6.07, 6.45) is 0. The smallest absolute Gasteiger partial charge is 0.194 e. The molecule has 0 aliphatic carbocycles. The average Bonchev–Trinajstić information content (AvgIpc) is 2.41. The zero-order valence-electron chi connectivity index (χ0n) is 10.8. The minimum Gasteiger partial charge on any atom is -0.289 e. The summed E-state index contributed by atoms with van der Waals surface area (Å²) in [5, 5.41) is 0. The minimum absolute atomic E-state index is 0.0310. The molecule has 0 bridgehead atoms. The largest absolute Gasteiger partial charge is 0.289 e. The van der Waals surface area contributed by atoms with Gasteiger partial charge in [-0.05, 0) is 29.7 Å². The highest BCUT2D eigenvalue weighted by atomic mass is 79.9. The van der Waals surface area contributed by atoms with E-state index in [0.717, 1.165) is 8.95 Å². The van der Waals surface area contributed by atoms with Crippen LogP contribution in [0.1, 0.15) is 41.3 Å². The SMILES string of the molecule is CC(C)c1ccc(C(=O)c2cc(Br)ccc2Br)cc1. The number of halogens is 2. The molecule has 0 aliphatic rings. The number of rotatable bonds is 3. The van der Waals surface area contributed by atoms with Crippen LogP contribution in [0.4, 0.5) is 0 Å². The summed E-state index contributed by atoms with van der Waals surface area (Å²) in [6, 6.07) is 13.4. The summed E-state index contributed by atoms with van der Waals surface area (Å²) in [5.74, 6) is 0.505. The van der Waals surface area contributed by atoms with Crippen molar-refractivity contribution in [2.45, 2.75) is 19.8 Å². The van der Waals surface area contributed by atoms with Gasteiger partial charge in [0.1, 0.15) is 0 Å². The van der Waals surface area contributed by atoms with Gasteiger partial charge in [-0.25, -0.2) is 0 Å². The van der Waals surface area contributed by atoms with Gasteiger partial charge in [0, 0.05) is 20.1 Å². The molecule has 2 aromatic carbocycles. The first-order valence-corrected chi connectivity index (χ1v) is 7.67. The van der Waals surface area contributed by atoms with Gasteiger partial charge >= 0.3 is 0 Å². The van der Waals surface area contributed by atoms with E-state index >= 15 is 0 Å². The van der Waals surface area contributed by atoms with Gasteiger partial charge in [0.25, 0.3) is 0 Å². The molecule has 2 rings (SSSR count). The quantitative estimate of drug-likeness (QED) is 0.635. The lowest BCUT2D eigenvalue weighted by Gasteiger charge is -2.08. The van der Waals surface area contributed by atoms with Gasteiger partial charge in [-0.1, -0.05) is 70.0 Å². The van der Waals surface area contributed by atoms with Crippen LogP contribution in [0.15, 0.2) is 51.4 Å². The molecule has 0 amide bonds. The number of carbonyl (C=O) groups excluding carboxylic acids is 1. The highest BCUT2D eigenvalue weighted by Crippen LogP contribution is 2.25. The van der Waals surface area contributed by atoms with Gasteiger partial charge < -0.3 is 0 Å². The van der Waals surface area contributed by atoms with Crippen LogP contribution in [0.25, 0.3) is 0 Å². The van der Waals surface area contributed by atoms with E-state index < -0.39 is 0 Å². The molecule has 0 N–H and O–H groups in total. The molecule has 0 unspecified atom stereocenters. The van der Waals surface area contributed by atoms with Crippen LogP contribution in [0, 0.1) is 0 Å². The number of hydrogen-bond donors (Lipinski definition) is 0. The molecule has 98 valence electrons. The monoisotopic (exact) mass is 380 g/mol. The van der Waals surface area contributed by atoms with Crippen LogP contribution < -0.4 is 0 Å². The van der Waals surface area contributed by atoms with Gasteiger partial charge in [0.05, 0.1) is 0 Å². The molecule has 0 saturated heterocycles. The van der Waals surface area contributed by atoms with Gasteiger partial charge in [-0.3, -0.25) is 4.79 Å². The lowest BCUT2D eigenvalue weighted by atomic mass is 9.98. The number of ketones is 1. The number of benzene rings is 2. The molecule has 2 aromatic rings. The first-order chi connectivity index (χ1) is 8.99. The second kappa shape index (κ2) is 6.02. The fourth-order valence-corrected chi connectivity index (χ4v) is 2.63. The molecule has 1 nitrogen and oxygen atoms in total. The molecule has 0 heterocycles. The standard InChI is InChI=1S/C16H14Br2O/c1-10(2)11-3-5-12(6-4-11)16(19)14-9-13(17)7-8-15(14)18/h3-10H,1-2H3. The highest BCUT2D eigenvalue weighted by Gasteiger charge is 2.13. The Morgan fingerprint density at radius 3 is 2.21 bits per heavy atom. The zero-order chi connectivity index (χ0) is 14.0. The van der Waals surface area contributed by atoms with Crippen molar-refractivity contribution in [3.63, 3.8) is 0 Å². The normalized spacial score (nSPS) is 10.8. The molecular weight excluding hydrogens is 368 g/mol. The summed E-state index contributed by atoms with van der Waals surface area (Å²) in [6.45, 7) is 4.28. The predicted octanol–water partition coefficient (Wildman–Crippen LogP) is 5.57. The highest BCUT2D eigenvalue weighted by molar-refractivity contribution is 9.11. The second-order valence-electron chi connectivity index (χ2n) is 4.73. The Morgan fingerprint density at radius 1 is 1.00 bits per heavy atom. The molecule has 3 heteroatoms. The van der Waals surface area contributed by atoms with E-state index in [2.05, 4.69) is 45.7 Å². The molecule has 0 atom stereocenters. The third-order valence-corrected chi connectivity index (χ3v) is 4.20. The minimum atomic E-state index is 0.0310. The summed E-state index contributed by atoms with van der Waals surface area (Å²) in [4.78, 5) is 12.4. The van der Waals surface area contributed by atoms with Crippen molar-refractivity contribution in [1.82, 2.24) is 0 Å². The van der Waals surface area contributed by atoms with Gasteiger partial charge in [0.2, 0.25) is 0 Å². The first-order valence-electron chi connectivity index (χ1n) is 6.08. The van der Waals surface area contributed by atoms with Crippen molar-refractivity contribution in [1.29, 1.82) is 0 Å². The average molecular weight is 382 g/mol. The van der Waals surface area contributed by atoms with E-state index in [-0.39, 0.29) is 5.78 Å². The second-order valence-corrected chi connectivity index (χ2v) is 6.50. The fourth-order valence-electron chi connectivity index (χ4n) is 1.85. The summed E-state index contributed by atoms with van der Waals surface area (Å²) in [5.41, 5.74) is 2.62. The zero-order valence-corrected chi connectivity index (χ0v) is 14.0. The van der Waals surface area contributed by atoms with E-state index in [1.807, 2.05) is 42.5 Å². The molecule has 0 saturated carbocycles. The van der Waals surface area contributed by atoms with Crippen molar-refractivity contribution in [3.05, 3.63) is 68.1 Å². The van der Waals surface area contributed by atoms with Gasteiger partial charge in [-0.2, -0.15) is 0 Å². The Kier molecular flexibility index (Phi) is 4.58. The van der Waals surface area contributed by atoms with Gasteiger partial charge in [-0.15, -0.1) is 0 Å². The van der Waals surface area contributed by atoms with Gasteiger partial charge in [0.15, 0.2) is 5.78 Å². The van der Waals surface area contributed by atoms with E-state index in [4.69, 9.17) is 0 Å². The van der Waals surface area contributed by atoms with Crippen molar-refractivity contribution >= 4 is 37.6 Å². The summed E-state index contributed by atoms with van der Waals surface area (Å²) >= 11 is 6.82. The van der Waals surface area contributed by atoms with Crippen LogP contribution >= 0.6 is 31.9 Å².